The van der Waals surface area contributed by atoms with Crippen molar-refractivity contribution in [2.45, 2.75) is 19.4 Å². The van der Waals surface area contributed by atoms with E-state index in [1.54, 1.807) is 30.9 Å². The van der Waals surface area contributed by atoms with Gasteiger partial charge in [-0.05, 0) is 41.9 Å². The molecule has 1 aliphatic heterocycles. The van der Waals surface area contributed by atoms with Crippen LogP contribution in [0.25, 0.3) is 0 Å². The number of rotatable bonds is 1. The summed E-state index contributed by atoms with van der Waals surface area (Å²) in [5, 5.41) is 11.6. The first-order chi connectivity index (χ1) is 8.89. The van der Waals surface area contributed by atoms with Gasteiger partial charge in [-0.2, -0.15) is 5.26 Å². The lowest BCUT2D eigenvalue weighted by Gasteiger charge is -2.43. The van der Waals surface area contributed by atoms with Crippen LogP contribution in [0.15, 0.2) is 16.6 Å². The first-order valence-corrected chi connectivity index (χ1v) is 6.63. The van der Waals surface area contributed by atoms with Gasteiger partial charge in [0.2, 0.25) is 5.91 Å². The summed E-state index contributed by atoms with van der Waals surface area (Å²) in [6.45, 7) is 4.48. The molecule has 0 radical (unpaired) electrons. The van der Waals surface area contributed by atoms with Crippen molar-refractivity contribution in [3.05, 3.63) is 28.0 Å². The fourth-order valence-corrected chi connectivity index (χ4v) is 2.58. The minimum absolute atomic E-state index is 0.134. The normalized spacial score (nSPS) is 17.8. The number of nitriles is 1. The molecule has 4 nitrogen and oxygen atoms in total. The van der Waals surface area contributed by atoms with Gasteiger partial charge in [0.1, 0.15) is 11.6 Å². The molecule has 1 aliphatic rings. The molecular weight excluding hydrogens is 313 g/mol. The third-order valence-corrected chi connectivity index (χ3v) is 4.10. The molecule has 1 amide bonds. The van der Waals surface area contributed by atoms with Gasteiger partial charge >= 0.3 is 0 Å². The first-order valence-electron chi connectivity index (χ1n) is 5.83. The number of hydrogen-bond donors (Lipinski definition) is 1. The predicted octanol–water partition coefficient (Wildman–Crippen LogP) is 2.17. The molecule has 1 saturated heterocycles. The van der Waals surface area contributed by atoms with Crippen molar-refractivity contribution in [3.8, 4) is 6.07 Å². The standard InChI is InChI=1S/C13H13BrFN3O/c1-13(2)12(19)17-5-6-18(13)9-4-3-8(7-16)10(14)11(9)15/h3-4H,5-6H2,1-2H3,(H,17,19). The zero-order valence-corrected chi connectivity index (χ0v) is 12.2. The summed E-state index contributed by atoms with van der Waals surface area (Å²) < 4.78 is 14.5. The Morgan fingerprint density at radius 1 is 1.53 bits per heavy atom. The Kier molecular flexibility index (Phi) is 3.50. The maximum atomic E-state index is 14.3. The van der Waals surface area contributed by atoms with Crippen molar-refractivity contribution in [3.63, 3.8) is 0 Å². The number of piperazine rings is 1. The van der Waals surface area contributed by atoms with Crippen LogP contribution >= 0.6 is 15.9 Å². The number of carbonyl (C=O) groups is 1. The zero-order valence-electron chi connectivity index (χ0n) is 10.6. The zero-order chi connectivity index (χ0) is 14.2. The molecule has 1 heterocycles. The average molecular weight is 326 g/mol. The van der Waals surface area contributed by atoms with Gasteiger partial charge in [0.05, 0.1) is 15.7 Å². The third kappa shape index (κ3) is 2.19. The van der Waals surface area contributed by atoms with E-state index in [1.165, 1.54) is 0 Å². The molecule has 19 heavy (non-hydrogen) atoms. The van der Waals surface area contributed by atoms with Gasteiger partial charge in [0, 0.05) is 13.1 Å². The molecule has 0 atom stereocenters. The van der Waals surface area contributed by atoms with Crippen LogP contribution in [0.5, 0.6) is 0 Å². The highest BCUT2D eigenvalue weighted by Gasteiger charge is 2.39. The van der Waals surface area contributed by atoms with E-state index in [0.29, 0.717) is 18.8 Å². The number of halogens is 2. The Labute approximate surface area is 119 Å². The fraction of sp³-hybridized carbons (Fsp3) is 0.385. The number of carbonyl (C=O) groups excluding carboxylic acids is 1. The largest absolute Gasteiger partial charge is 0.353 e. The molecule has 0 spiro atoms. The maximum Gasteiger partial charge on any atom is 0.245 e. The van der Waals surface area contributed by atoms with Gasteiger partial charge in [-0.15, -0.1) is 0 Å². The molecule has 0 unspecified atom stereocenters. The molecule has 6 heteroatoms. The van der Waals surface area contributed by atoms with Gasteiger partial charge in [-0.3, -0.25) is 4.79 Å². The maximum absolute atomic E-state index is 14.3. The number of amides is 1. The minimum atomic E-state index is -0.827. The van der Waals surface area contributed by atoms with Crippen molar-refractivity contribution in [1.82, 2.24) is 5.32 Å². The summed E-state index contributed by atoms with van der Waals surface area (Å²) in [5.74, 6) is -0.652. The van der Waals surface area contributed by atoms with E-state index < -0.39 is 11.4 Å². The van der Waals surface area contributed by atoms with E-state index in [-0.39, 0.29) is 15.9 Å². The van der Waals surface area contributed by atoms with Gasteiger partial charge in [0.25, 0.3) is 0 Å². The van der Waals surface area contributed by atoms with Gasteiger partial charge < -0.3 is 10.2 Å². The van der Waals surface area contributed by atoms with Crippen LogP contribution < -0.4 is 10.2 Å². The molecule has 2 rings (SSSR count). The quantitative estimate of drug-likeness (QED) is 0.861. The van der Waals surface area contributed by atoms with Gasteiger partial charge in [-0.25, -0.2) is 4.39 Å². The highest BCUT2D eigenvalue weighted by atomic mass is 79.9. The van der Waals surface area contributed by atoms with E-state index in [1.807, 2.05) is 6.07 Å². The van der Waals surface area contributed by atoms with Crippen molar-refractivity contribution >= 4 is 27.5 Å². The van der Waals surface area contributed by atoms with Crippen LogP contribution in [-0.2, 0) is 4.79 Å². The van der Waals surface area contributed by atoms with Crippen LogP contribution in [0.3, 0.4) is 0 Å². The second-order valence-electron chi connectivity index (χ2n) is 4.84. The predicted molar refractivity (Wildman–Crippen MR) is 73.2 cm³/mol. The van der Waals surface area contributed by atoms with Crippen LogP contribution in [0.4, 0.5) is 10.1 Å². The molecule has 0 saturated carbocycles. The van der Waals surface area contributed by atoms with Crippen molar-refractivity contribution in [1.29, 1.82) is 5.26 Å². The second kappa shape index (κ2) is 4.82. The molecular formula is C13H13BrFN3O. The summed E-state index contributed by atoms with van der Waals surface area (Å²) in [5.41, 5.74) is -0.265. The van der Waals surface area contributed by atoms with Crippen LogP contribution in [0.2, 0.25) is 0 Å². The van der Waals surface area contributed by atoms with Crippen LogP contribution in [0.1, 0.15) is 19.4 Å². The molecule has 0 aromatic heterocycles. The van der Waals surface area contributed by atoms with Crippen LogP contribution in [0, 0.1) is 17.1 Å². The molecule has 1 N–H and O–H groups in total. The Hall–Kier alpha value is -1.61. The van der Waals surface area contributed by atoms with Gasteiger partial charge in [-0.1, -0.05) is 0 Å². The number of hydrogen-bond acceptors (Lipinski definition) is 3. The van der Waals surface area contributed by atoms with E-state index >= 15 is 0 Å². The van der Waals surface area contributed by atoms with Gasteiger partial charge in [0.15, 0.2) is 5.82 Å². The Bertz CT molecular complexity index is 580. The lowest BCUT2D eigenvalue weighted by Crippen LogP contribution is -2.62. The van der Waals surface area contributed by atoms with E-state index in [9.17, 15) is 9.18 Å². The molecule has 0 aliphatic carbocycles. The minimum Gasteiger partial charge on any atom is -0.353 e. The number of anilines is 1. The third-order valence-electron chi connectivity index (χ3n) is 3.32. The second-order valence-corrected chi connectivity index (χ2v) is 5.63. The molecule has 1 aromatic rings. The highest BCUT2D eigenvalue weighted by molar-refractivity contribution is 9.10. The average Bonchev–Trinajstić information content (AvgIpc) is 2.37. The van der Waals surface area contributed by atoms with Crippen LogP contribution in [-0.4, -0.2) is 24.5 Å². The summed E-state index contributed by atoms with van der Waals surface area (Å²) in [6.07, 6.45) is 0. The Morgan fingerprint density at radius 3 is 2.84 bits per heavy atom. The fourth-order valence-electron chi connectivity index (χ4n) is 2.16. The lowest BCUT2D eigenvalue weighted by molar-refractivity contribution is -0.126. The summed E-state index contributed by atoms with van der Waals surface area (Å²) in [7, 11) is 0. The molecule has 100 valence electrons. The summed E-state index contributed by atoms with van der Waals surface area (Å²) in [6, 6.07) is 5.00. The van der Waals surface area contributed by atoms with E-state index in [2.05, 4.69) is 21.2 Å². The van der Waals surface area contributed by atoms with Crippen molar-refractivity contribution in [2.75, 3.05) is 18.0 Å². The van der Waals surface area contributed by atoms with Crippen molar-refractivity contribution < 1.29 is 9.18 Å². The smallest absolute Gasteiger partial charge is 0.245 e. The topological polar surface area (TPSA) is 56.1 Å². The lowest BCUT2D eigenvalue weighted by atomic mass is 9.97. The van der Waals surface area contributed by atoms with Crippen molar-refractivity contribution in [2.24, 2.45) is 0 Å². The Morgan fingerprint density at radius 2 is 2.21 bits per heavy atom. The molecule has 1 aromatic carbocycles. The molecule has 1 fully saturated rings. The highest BCUT2D eigenvalue weighted by Crippen LogP contribution is 2.33. The Balaban J connectivity index is 2.51. The monoisotopic (exact) mass is 325 g/mol. The van der Waals surface area contributed by atoms with E-state index in [0.717, 1.165) is 0 Å². The number of nitrogens with one attached hydrogen (secondary N) is 1. The summed E-state index contributed by atoms with van der Waals surface area (Å²) in [4.78, 5) is 13.6. The first kappa shape index (κ1) is 13.8. The number of benzene rings is 1. The SMILES string of the molecule is CC1(C)C(=O)NCCN1c1ccc(C#N)c(Br)c1F. The summed E-state index contributed by atoms with van der Waals surface area (Å²) >= 11 is 3.09. The molecule has 0 bridgehead atoms. The van der Waals surface area contributed by atoms with E-state index in [4.69, 9.17) is 5.26 Å². The number of nitrogens with zero attached hydrogens (tertiary/aromatic N) is 2.